The lowest BCUT2D eigenvalue weighted by molar-refractivity contribution is -0.114. The molecule has 0 spiro atoms. The minimum Gasteiger partial charge on any atom is -0.508 e. The van der Waals surface area contributed by atoms with Crippen LogP contribution in [0.4, 0.5) is 21.5 Å². The highest BCUT2D eigenvalue weighted by atomic mass is 35.5. The van der Waals surface area contributed by atoms with Gasteiger partial charge in [-0.3, -0.25) is 62.9 Å². The maximum Gasteiger partial charge on any atom is 0.318 e. The summed E-state index contributed by atoms with van der Waals surface area (Å²) in [6, 6.07) is 60.7. The van der Waals surface area contributed by atoms with Crippen LogP contribution in [0.2, 0.25) is 40.2 Å². The van der Waals surface area contributed by atoms with Crippen LogP contribution < -0.4 is 26.7 Å². The van der Waals surface area contributed by atoms with Crippen molar-refractivity contribution in [2.24, 2.45) is 15.9 Å². The number of ketones is 5. The molecule has 0 unspecified atom stereocenters. The summed E-state index contributed by atoms with van der Waals surface area (Å²) in [6.07, 6.45) is 26.9. The van der Waals surface area contributed by atoms with Gasteiger partial charge >= 0.3 is 11.8 Å². The molecule has 5 amide bonds. The number of hydrogen-bond acceptors (Lipinski definition) is 17. The lowest BCUT2D eigenvalue weighted by Gasteiger charge is -2.07. The zero-order valence-corrected chi connectivity index (χ0v) is 78.8. The van der Waals surface area contributed by atoms with E-state index in [1.54, 1.807) is 138 Å². The summed E-state index contributed by atoms with van der Waals surface area (Å²) in [6.45, 7) is 1.86. The number of aryl methyl sites for hydroxylation is 1. The molecule has 1 aliphatic rings. The number of rotatable bonds is 21. The molecule has 3 aromatic carbocycles. The number of halogens is 9. The third-order valence-electron chi connectivity index (χ3n) is 21.9. The second-order valence-corrected chi connectivity index (χ2v) is 34.6. The number of hydrogen-bond donors (Lipinski definition) is 6. The molecule has 0 saturated heterocycles. The SMILES string of the molecule is Cc1cc(C(=O)C(=O)Nc2c(Cl)cncc2Cl)c2ccccn12.N#Cc1ccc(Cc2cc(C(=O)C(=O)N=c3ccn(O)cc3)c3ccccn23)cc1.O=C(N=c1c(Cl)cn(O)cc1Cl)C(=O)c1cc(Cc2ccc(F)cc2)n2ccccc12.O=C(Nc1c(Cl)cncc1Cl)C(=O)c1cc(CC2CC2)n2ccccc12.O=C(Nc1c(Cl)cncc1Cl)C(=O)c1cc(Cc2ccc(O)cc2)n2ccccc12. The molecular formula is C102H71Cl8FN16O13. The third-order valence-corrected chi connectivity index (χ3v) is 24.1. The first kappa shape index (κ1) is 98.6. The summed E-state index contributed by atoms with van der Waals surface area (Å²) < 4.78 is 24.0. The number of phenolic OH excluding ortho intramolecular Hbond substituents is 1. The first-order chi connectivity index (χ1) is 67.3. The number of amides is 5. The van der Waals surface area contributed by atoms with Crippen LogP contribution in [-0.4, -0.2) is 120 Å². The Hall–Kier alpha value is -16.0. The average molecular weight is 2030 g/mol. The predicted molar refractivity (Wildman–Crippen MR) is 527 cm³/mol. The molecule has 29 nitrogen and oxygen atoms in total. The summed E-state index contributed by atoms with van der Waals surface area (Å²) >= 11 is 47.9. The molecule has 6 N–H and O–H groups in total. The van der Waals surface area contributed by atoms with Crippen LogP contribution in [0.25, 0.3) is 27.6 Å². The summed E-state index contributed by atoms with van der Waals surface area (Å²) in [7, 11) is 0. The van der Waals surface area contributed by atoms with Gasteiger partial charge in [-0.15, -0.1) is 0 Å². The predicted octanol–water partition coefficient (Wildman–Crippen LogP) is 20.0. The zero-order chi connectivity index (χ0) is 99.3. The summed E-state index contributed by atoms with van der Waals surface area (Å²) in [5.74, 6) is -7.40. The third kappa shape index (κ3) is 23.1. The van der Waals surface area contributed by atoms with E-state index in [0.717, 1.165) is 74.2 Å². The summed E-state index contributed by atoms with van der Waals surface area (Å²) in [5, 5.41) is 45.5. The van der Waals surface area contributed by atoms with E-state index in [-0.39, 0.29) is 96.2 Å². The van der Waals surface area contributed by atoms with Crippen LogP contribution in [0.5, 0.6) is 5.75 Å². The Labute approximate surface area is 833 Å². The number of nitrogens with zero attached hydrogens (tertiary/aromatic N) is 13. The van der Waals surface area contributed by atoms with Crippen LogP contribution >= 0.6 is 92.8 Å². The first-order valence-corrected chi connectivity index (χ1v) is 45.2. The molecule has 0 aliphatic heterocycles. The number of benzene rings is 3. The molecule has 18 aromatic rings. The van der Waals surface area contributed by atoms with Gasteiger partial charge in [-0.25, -0.2) is 19.1 Å². The smallest absolute Gasteiger partial charge is 0.318 e. The van der Waals surface area contributed by atoms with Crippen molar-refractivity contribution in [1.82, 2.24) is 46.4 Å². The molecule has 1 fully saturated rings. The molecule has 1 saturated carbocycles. The van der Waals surface area contributed by atoms with E-state index in [4.69, 9.17) is 98.1 Å². The van der Waals surface area contributed by atoms with Crippen LogP contribution in [0, 0.1) is 30.0 Å². The zero-order valence-electron chi connectivity index (χ0n) is 72.7. The van der Waals surface area contributed by atoms with Gasteiger partial charge in [-0.05, 0) is 188 Å². The number of aromatic nitrogens is 10. The van der Waals surface area contributed by atoms with Crippen LogP contribution in [0.15, 0.2) is 309 Å². The number of pyridine rings is 10. The number of carbonyl (C=O) groups is 10. The van der Waals surface area contributed by atoms with Crippen molar-refractivity contribution in [2.75, 3.05) is 16.0 Å². The Morgan fingerprint density at radius 3 is 1.09 bits per heavy atom. The number of nitriles is 1. The molecule has 15 heterocycles. The molecule has 0 atom stereocenters. The fourth-order valence-electron chi connectivity index (χ4n) is 15.0. The molecule has 0 radical (unpaired) electrons. The van der Waals surface area contributed by atoms with Crippen molar-refractivity contribution in [3.8, 4) is 11.8 Å². The lowest BCUT2D eigenvalue weighted by atomic mass is 10.1. The van der Waals surface area contributed by atoms with Gasteiger partial charge in [0.1, 0.15) is 16.9 Å². The standard InChI is InChI=1S/C23H16N4O3.C22H14Cl2FN3O3.C22H15Cl2N3O3.C19H15Cl2N3O2.C16H11Cl2N3O2/c24-15-17-6-4-16(5-7-17)13-19-14-20(21-3-1-2-10-27(19)21)22(28)23(29)25-18-8-11-26(30)12-9-18;23-17-11-27(31)12-18(24)20(17)26-22(30)21(29)16-10-15(28-8-2-1-3-19(16)28)9-13-4-6-14(25)7-5-13;23-17-11-25-12-18(24)20(17)26-22(30)21(29)16-10-14(27-8-2-1-3-19(16)27)9-13-4-6-15(28)7-5-13;20-14-9-22-10-15(21)17(14)23-19(26)18(25)13-8-12(7-11-4-5-11)24-6-2-1-3-16(13)24;1-9-6-10(13-4-2-3-5-21(9)13)15(22)16(23)20-14-11(17)7-19-8-12(14)18/h1-12,14,30H,13H2;1-8,10-12,31H,9H2;1-8,10-12,28H,9H2,(H,25,26,30);1-3,6,8-11H,4-5,7H2,(H,22,23,26);2-8H,1H3,(H,19,20,23). The molecule has 140 heavy (non-hydrogen) atoms. The Morgan fingerprint density at radius 2 is 0.714 bits per heavy atom. The molecule has 15 aromatic heterocycles. The van der Waals surface area contributed by atoms with Crippen molar-refractivity contribution >= 4 is 196 Å². The molecule has 19 rings (SSSR count). The van der Waals surface area contributed by atoms with E-state index in [1.165, 1.54) is 86.7 Å². The van der Waals surface area contributed by atoms with Crippen molar-refractivity contribution < 1.29 is 67.9 Å². The minimum absolute atomic E-state index is 0.0881. The number of anilines is 3. The van der Waals surface area contributed by atoms with E-state index in [9.17, 15) is 67.9 Å². The van der Waals surface area contributed by atoms with Gasteiger partial charge in [0.25, 0.3) is 46.6 Å². The van der Waals surface area contributed by atoms with E-state index in [2.05, 4.69) is 47.0 Å². The quantitative estimate of drug-likeness (QED) is 0.0221. The maximum atomic E-state index is 13.2. The van der Waals surface area contributed by atoms with Crippen molar-refractivity contribution in [3.05, 3.63) is 434 Å². The van der Waals surface area contributed by atoms with Crippen LogP contribution in [0.1, 0.15) is 115 Å². The topological polar surface area (TPSA) is 387 Å². The molecular weight excluding hydrogens is 1960 g/mol. The fraction of sp³-hybridized carbons (Fsp3) is 0.0784. The van der Waals surface area contributed by atoms with Gasteiger partial charge in [-0.1, -0.05) is 160 Å². The Balaban J connectivity index is 0.000000133. The Morgan fingerprint density at radius 1 is 0.393 bits per heavy atom. The summed E-state index contributed by atoms with van der Waals surface area (Å²) in [4.78, 5) is 145. The molecule has 38 heteroatoms. The molecule has 0 bridgehead atoms. The van der Waals surface area contributed by atoms with Crippen LogP contribution in [-0.2, 0) is 49.7 Å². The van der Waals surface area contributed by atoms with E-state index in [0.29, 0.717) is 68.7 Å². The van der Waals surface area contributed by atoms with Crippen molar-refractivity contribution in [1.29, 1.82) is 5.26 Å². The number of Topliss-reactive ketones (excluding diaryl/α,β-unsaturated/α-hetero) is 5. The highest BCUT2D eigenvalue weighted by Gasteiger charge is 2.31. The lowest BCUT2D eigenvalue weighted by Crippen LogP contribution is -2.23. The highest BCUT2D eigenvalue weighted by Crippen LogP contribution is 2.37. The number of phenols is 1. The normalized spacial score (nSPS) is 11.3. The van der Waals surface area contributed by atoms with Gasteiger partial charge in [0.05, 0.1) is 142 Å². The number of fused-ring (bicyclic) bond motifs is 5. The minimum atomic E-state index is -1.05. The van der Waals surface area contributed by atoms with Crippen molar-refractivity contribution in [2.45, 2.75) is 45.4 Å². The van der Waals surface area contributed by atoms with Gasteiger partial charge in [0.15, 0.2) is 0 Å². The van der Waals surface area contributed by atoms with E-state index >= 15 is 0 Å². The summed E-state index contributed by atoms with van der Waals surface area (Å²) in [5.41, 5.74) is 12.7. The first-order valence-electron chi connectivity index (χ1n) is 42.1. The Bertz CT molecular complexity index is 8080. The van der Waals surface area contributed by atoms with E-state index < -0.39 is 58.5 Å². The largest absolute Gasteiger partial charge is 0.508 e. The maximum absolute atomic E-state index is 13.2. The molecule has 700 valence electrons. The van der Waals surface area contributed by atoms with Crippen molar-refractivity contribution in [3.63, 3.8) is 0 Å². The molecule has 1 aliphatic carbocycles. The second-order valence-electron chi connectivity index (χ2n) is 31.4. The number of aromatic hydroxyl groups is 1. The number of carbonyl (C=O) groups excluding carboxylic acids is 10. The van der Waals surface area contributed by atoms with Gasteiger partial charge < -0.3 is 53.5 Å². The highest BCUT2D eigenvalue weighted by molar-refractivity contribution is 6.52. The van der Waals surface area contributed by atoms with Crippen LogP contribution in [0.3, 0.4) is 0 Å². The second kappa shape index (κ2) is 44.0. The van der Waals surface area contributed by atoms with Gasteiger partial charge in [-0.2, -0.15) is 9.99 Å². The monoisotopic (exact) mass is 2030 g/mol. The average Bonchev–Trinajstić information content (AvgIpc) is 1.59. The fourth-order valence-corrected chi connectivity index (χ4v) is 16.9. The number of nitrogens with one attached hydrogen (secondary N) is 3. The van der Waals surface area contributed by atoms with Gasteiger partial charge in [0, 0.05) is 128 Å². The van der Waals surface area contributed by atoms with Gasteiger partial charge in [0.2, 0.25) is 0 Å². The van der Waals surface area contributed by atoms with E-state index in [1.807, 2.05) is 104 Å². The Kier molecular flexibility index (Phi) is 31.0.